The fourth-order valence-electron chi connectivity index (χ4n) is 0.913. The van der Waals surface area contributed by atoms with E-state index in [0.717, 1.165) is 0 Å². The molecule has 0 saturated heterocycles. The summed E-state index contributed by atoms with van der Waals surface area (Å²) in [6, 6.07) is 0. The maximum atomic E-state index is 11.8. The van der Waals surface area contributed by atoms with Crippen LogP contribution < -0.4 is 0 Å². The van der Waals surface area contributed by atoms with E-state index in [4.69, 9.17) is 6.42 Å². The summed E-state index contributed by atoms with van der Waals surface area (Å²) in [6.45, 7) is 1.36. The summed E-state index contributed by atoms with van der Waals surface area (Å²) >= 11 is 0. The van der Waals surface area contributed by atoms with Crippen molar-refractivity contribution in [2.45, 2.75) is 19.5 Å². The predicted molar refractivity (Wildman–Crippen MR) is 41.6 cm³/mol. The molecule has 12 heavy (non-hydrogen) atoms. The molecule has 0 unspecified atom stereocenters. The summed E-state index contributed by atoms with van der Waals surface area (Å²) in [7, 11) is 0. The average molecular weight is 179 g/mol. The molecular formula is C8H12F3N. The molecule has 0 aliphatic rings. The van der Waals surface area contributed by atoms with Crippen molar-refractivity contribution < 1.29 is 13.2 Å². The SMILES string of the molecule is C#CCN(CCC)CC(F)(F)F. The third kappa shape index (κ3) is 6.05. The molecule has 0 radical (unpaired) electrons. The molecule has 0 amide bonds. The van der Waals surface area contributed by atoms with E-state index in [2.05, 4.69) is 5.92 Å². The Labute approximate surface area is 70.5 Å². The number of rotatable bonds is 4. The van der Waals surface area contributed by atoms with E-state index in [-0.39, 0.29) is 6.54 Å². The maximum Gasteiger partial charge on any atom is 0.401 e. The van der Waals surface area contributed by atoms with Crippen LogP contribution in [0.25, 0.3) is 0 Å². The van der Waals surface area contributed by atoms with Crippen LogP contribution in [0, 0.1) is 12.3 Å². The molecular weight excluding hydrogens is 167 g/mol. The fourth-order valence-corrected chi connectivity index (χ4v) is 0.913. The minimum atomic E-state index is -4.15. The molecule has 0 aliphatic heterocycles. The van der Waals surface area contributed by atoms with Gasteiger partial charge >= 0.3 is 6.18 Å². The molecule has 0 fully saturated rings. The van der Waals surface area contributed by atoms with Crippen molar-refractivity contribution in [3.63, 3.8) is 0 Å². The molecule has 0 spiro atoms. The van der Waals surface area contributed by atoms with Crippen molar-refractivity contribution in [3.05, 3.63) is 0 Å². The van der Waals surface area contributed by atoms with Crippen LogP contribution in [0.4, 0.5) is 13.2 Å². The molecule has 0 atom stereocenters. The van der Waals surface area contributed by atoms with Gasteiger partial charge in [0.1, 0.15) is 0 Å². The molecule has 0 aliphatic carbocycles. The molecule has 0 N–H and O–H groups in total. The van der Waals surface area contributed by atoms with E-state index < -0.39 is 12.7 Å². The standard InChI is InChI=1S/C8H12F3N/c1-3-5-12(6-4-2)7-8(9,10)11/h1H,4-7H2,2H3. The van der Waals surface area contributed by atoms with Crippen LogP contribution in [0.5, 0.6) is 0 Å². The molecule has 0 bridgehead atoms. The minimum absolute atomic E-state index is 0.0628. The first-order chi connectivity index (χ1) is 5.49. The van der Waals surface area contributed by atoms with Gasteiger partial charge in [0.05, 0.1) is 13.1 Å². The van der Waals surface area contributed by atoms with Gasteiger partial charge in [-0.1, -0.05) is 12.8 Å². The zero-order valence-electron chi connectivity index (χ0n) is 6.99. The highest BCUT2D eigenvalue weighted by molar-refractivity contribution is 4.88. The Morgan fingerprint density at radius 1 is 1.42 bits per heavy atom. The lowest BCUT2D eigenvalue weighted by atomic mass is 10.4. The molecule has 0 saturated carbocycles. The Morgan fingerprint density at radius 3 is 2.33 bits per heavy atom. The molecule has 0 aromatic rings. The lowest BCUT2D eigenvalue weighted by Gasteiger charge is -2.20. The highest BCUT2D eigenvalue weighted by Crippen LogP contribution is 2.16. The van der Waals surface area contributed by atoms with E-state index in [1.807, 2.05) is 6.92 Å². The van der Waals surface area contributed by atoms with Crippen LogP contribution in [0.1, 0.15) is 13.3 Å². The van der Waals surface area contributed by atoms with Crippen molar-refractivity contribution in [3.8, 4) is 12.3 Å². The molecule has 4 heteroatoms. The number of hydrogen-bond acceptors (Lipinski definition) is 1. The Balaban J connectivity index is 3.88. The number of alkyl halides is 3. The highest BCUT2D eigenvalue weighted by atomic mass is 19.4. The van der Waals surface area contributed by atoms with Gasteiger partial charge in [0.25, 0.3) is 0 Å². The third-order valence-corrected chi connectivity index (χ3v) is 1.26. The van der Waals surface area contributed by atoms with Crippen molar-refractivity contribution >= 4 is 0 Å². The van der Waals surface area contributed by atoms with Crippen molar-refractivity contribution in [2.24, 2.45) is 0 Å². The van der Waals surface area contributed by atoms with Gasteiger partial charge in [-0.2, -0.15) is 13.2 Å². The second kappa shape index (κ2) is 5.04. The van der Waals surface area contributed by atoms with Gasteiger partial charge in [0.2, 0.25) is 0 Å². The Kier molecular flexibility index (Phi) is 4.75. The van der Waals surface area contributed by atoms with Crippen LogP contribution in [0.2, 0.25) is 0 Å². The Morgan fingerprint density at radius 2 is 2.00 bits per heavy atom. The first-order valence-electron chi connectivity index (χ1n) is 3.72. The van der Waals surface area contributed by atoms with Gasteiger partial charge in [0, 0.05) is 0 Å². The number of halogens is 3. The molecule has 1 nitrogen and oxygen atoms in total. The second-order valence-corrected chi connectivity index (χ2v) is 2.53. The smallest absolute Gasteiger partial charge is 0.284 e. The van der Waals surface area contributed by atoms with E-state index in [0.29, 0.717) is 13.0 Å². The summed E-state index contributed by atoms with van der Waals surface area (Å²) in [6.07, 6.45) is 1.45. The van der Waals surface area contributed by atoms with E-state index in [1.54, 1.807) is 0 Å². The third-order valence-electron chi connectivity index (χ3n) is 1.26. The normalized spacial score (nSPS) is 11.7. The first-order valence-corrected chi connectivity index (χ1v) is 3.72. The average Bonchev–Trinajstić information content (AvgIpc) is 1.84. The van der Waals surface area contributed by atoms with Crippen LogP contribution in [0.3, 0.4) is 0 Å². The maximum absolute atomic E-state index is 11.8. The predicted octanol–water partition coefficient (Wildman–Crippen LogP) is 1.89. The number of nitrogens with zero attached hydrogens (tertiary/aromatic N) is 1. The quantitative estimate of drug-likeness (QED) is 0.596. The lowest BCUT2D eigenvalue weighted by molar-refractivity contribution is -0.144. The zero-order chi connectivity index (χ0) is 9.61. The van der Waals surface area contributed by atoms with E-state index >= 15 is 0 Å². The van der Waals surface area contributed by atoms with Gasteiger partial charge in [0.15, 0.2) is 0 Å². The Bertz CT molecular complexity index is 157. The van der Waals surface area contributed by atoms with Crippen molar-refractivity contribution in [2.75, 3.05) is 19.6 Å². The topological polar surface area (TPSA) is 3.24 Å². The molecule has 0 aromatic carbocycles. The Hall–Kier alpha value is -0.690. The fraction of sp³-hybridized carbons (Fsp3) is 0.750. The van der Waals surface area contributed by atoms with Gasteiger partial charge in [-0.15, -0.1) is 6.42 Å². The van der Waals surface area contributed by atoms with Gasteiger partial charge in [-0.25, -0.2) is 0 Å². The number of hydrogen-bond donors (Lipinski definition) is 0. The molecule has 0 rings (SSSR count). The van der Waals surface area contributed by atoms with E-state index in [1.165, 1.54) is 4.90 Å². The zero-order valence-corrected chi connectivity index (χ0v) is 6.99. The lowest BCUT2D eigenvalue weighted by Crippen LogP contribution is -2.35. The van der Waals surface area contributed by atoms with Gasteiger partial charge in [-0.3, -0.25) is 4.90 Å². The highest BCUT2D eigenvalue weighted by Gasteiger charge is 2.29. The summed E-state index contributed by atoms with van der Waals surface area (Å²) in [5.41, 5.74) is 0. The van der Waals surface area contributed by atoms with Crippen LogP contribution in [-0.2, 0) is 0 Å². The van der Waals surface area contributed by atoms with E-state index in [9.17, 15) is 13.2 Å². The summed E-state index contributed by atoms with van der Waals surface area (Å²) in [5, 5.41) is 0. The largest absolute Gasteiger partial charge is 0.401 e. The first kappa shape index (κ1) is 11.3. The van der Waals surface area contributed by atoms with Crippen LogP contribution in [-0.4, -0.2) is 30.7 Å². The van der Waals surface area contributed by atoms with Crippen LogP contribution >= 0.6 is 0 Å². The molecule has 70 valence electrons. The molecule has 0 heterocycles. The van der Waals surface area contributed by atoms with Crippen molar-refractivity contribution in [1.29, 1.82) is 0 Å². The monoisotopic (exact) mass is 179 g/mol. The van der Waals surface area contributed by atoms with Crippen LogP contribution in [0.15, 0.2) is 0 Å². The van der Waals surface area contributed by atoms with Gasteiger partial charge in [-0.05, 0) is 13.0 Å². The minimum Gasteiger partial charge on any atom is -0.284 e. The number of terminal acetylenes is 1. The molecule has 0 aromatic heterocycles. The summed E-state index contributed by atoms with van der Waals surface area (Å²) < 4.78 is 35.5. The van der Waals surface area contributed by atoms with Crippen molar-refractivity contribution in [1.82, 2.24) is 4.90 Å². The summed E-state index contributed by atoms with van der Waals surface area (Å²) in [5.74, 6) is 2.20. The summed E-state index contributed by atoms with van der Waals surface area (Å²) in [4.78, 5) is 1.21. The second-order valence-electron chi connectivity index (χ2n) is 2.53. The van der Waals surface area contributed by atoms with Gasteiger partial charge < -0.3 is 0 Å².